The highest BCUT2D eigenvalue weighted by Crippen LogP contribution is 2.15. The Morgan fingerprint density at radius 2 is 1.39 bits per heavy atom. The number of esters is 1. The first-order valence-electron chi connectivity index (χ1n) is 11.0. The number of ether oxygens (including phenoxy) is 1. The summed E-state index contributed by atoms with van der Waals surface area (Å²) in [5.74, 6) is 2.17. The lowest BCUT2D eigenvalue weighted by Crippen LogP contribution is -2.04. The number of furan rings is 1. The third kappa shape index (κ3) is 9.77. The van der Waals surface area contributed by atoms with Crippen LogP contribution in [0.3, 0.4) is 0 Å². The van der Waals surface area contributed by atoms with Crippen LogP contribution in [0.25, 0.3) is 0 Å². The summed E-state index contributed by atoms with van der Waals surface area (Å²) in [4.78, 5) is 11.8. The van der Waals surface area contributed by atoms with Crippen LogP contribution in [-0.4, -0.2) is 5.97 Å². The van der Waals surface area contributed by atoms with E-state index in [1.54, 1.807) is 0 Å². The van der Waals surface area contributed by atoms with Gasteiger partial charge in [0.05, 0.1) is 0 Å². The van der Waals surface area contributed by atoms with Crippen molar-refractivity contribution in [3.8, 4) is 0 Å². The van der Waals surface area contributed by atoms with Crippen LogP contribution in [0.15, 0.2) is 46.9 Å². The van der Waals surface area contributed by atoms with E-state index in [4.69, 9.17) is 9.15 Å². The van der Waals surface area contributed by atoms with Crippen LogP contribution in [0.2, 0.25) is 0 Å². The molecule has 0 atom stereocenters. The average Bonchev–Trinajstić information content (AvgIpc) is 3.17. The molecule has 0 aliphatic rings. The SMILES string of the molecule is CCCCCCc1ccc(CCCCCCCC(=O)OCc2ccccc2)o1. The molecule has 0 bridgehead atoms. The summed E-state index contributed by atoms with van der Waals surface area (Å²) < 4.78 is 11.2. The van der Waals surface area contributed by atoms with Crippen molar-refractivity contribution in [3.63, 3.8) is 0 Å². The van der Waals surface area contributed by atoms with E-state index in [0.29, 0.717) is 13.0 Å². The summed E-state index contributed by atoms with van der Waals surface area (Å²) in [7, 11) is 0. The minimum Gasteiger partial charge on any atom is -0.466 e. The van der Waals surface area contributed by atoms with E-state index < -0.39 is 0 Å². The molecule has 0 N–H and O–H groups in total. The molecule has 1 aromatic heterocycles. The lowest BCUT2D eigenvalue weighted by Gasteiger charge is -2.05. The quantitative estimate of drug-likeness (QED) is 0.244. The number of rotatable bonds is 15. The Kier molecular flexibility index (Phi) is 11.2. The summed E-state index contributed by atoms with van der Waals surface area (Å²) >= 11 is 0. The average molecular weight is 385 g/mol. The third-order valence-electron chi connectivity index (χ3n) is 5.04. The zero-order chi connectivity index (χ0) is 19.9. The van der Waals surface area contributed by atoms with Gasteiger partial charge in [-0.05, 0) is 37.0 Å². The van der Waals surface area contributed by atoms with E-state index in [2.05, 4.69) is 19.1 Å². The summed E-state index contributed by atoms with van der Waals surface area (Å²) in [5.41, 5.74) is 1.04. The van der Waals surface area contributed by atoms with Crippen LogP contribution in [0.1, 0.15) is 88.2 Å². The number of carbonyl (C=O) groups excluding carboxylic acids is 1. The molecule has 0 unspecified atom stereocenters. The summed E-state index contributed by atoms with van der Waals surface area (Å²) in [6, 6.07) is 14.1. The second-order valence-corrected chi connectivity index (χ2v) is 7.59. The fourth-order valence-electron chi connectivity index (χ4n) is 3.33. The molecule has 3 heteroatoms. The van der Waals surface area contributed by atoms with Crippen molar-refractivity contribution in [2.45, 2.75) is 90.6 Å². The first-order chi connectivity index (χ1) is 13.8. The minimum absolute atomic E-state index is 0.0918. The molecule has 1 heterocycles. The molecular weight excluding hydrogens is 348 g/mol. The van der Waals surface area contributed by atoms with Gasteiger partial charge in [-0.2, -0.15) is 0 Å². The van der Waals surface area contributed by atoms with Crippen LogP contribution in [0.5, 0.6) is 0 Å². The van der Waals surface area contributed by atoms with Gasteiger partial charge in [-0.3, -0.25) is 4.79 Å². The third-order valence-corrected chi connectivity index (χ3v) is 5.04. The molecule has 0 amide bonds. The number of hydrogen-bond donors (Lipinski definition) is 0. The van der Waals surface area contributed by atoms with Gasteiger partial charge in [0.15, 0.2) is 0 Å². The van der Waals surface area contributed by atoms with Gasteiger partial charge in [0.1, 0.15) is 18.1 Å². The van der Waals surface area contributed by atoms with E-state index in [-0.39, 0.29) is 5.97 Å². The fourth-order valence-corrected chi connectivity index (χ4v) is 3.33. The molecule has 0 radical (unpaired) electrons. The van der Waals surface area contributed by atoms with Crippen LogP contribution in [-0.2, 0) is 29.0 Å². The van der Waals surface area contributed by atoms with Crippen LogP contribution >= 0.6 is 0 Å². The Balaban J connectivity index is 1.44. The predicted octanol–water partition coefficient (Wildman–Crippen LogP) is 7.03. The van der Waals surface area contributed by atoms with E-state index in [1.807, 2.05) is 30.3 Å². The van der Waals surface area contributed by atoms with Crippen LogP contribution in [0, 0.1) is 0 Å². The number of aryl methyl sites for hydroxylation is 2. The molecule has 0 saturated heterocycles. The molecule has 0 saturated carbocycles. The van der Waals surface area contributed by atoms with Crippen molar-refractivity contribution in [1.82, 2.24) is 0 Å². The normalized spacial score (nSPS) is 10.9. The second kappa shape index (κ2) is 14.0. The van der Waals surface area contributed by atoms with Gasteiger partial charge in [-0.15, -0.1) is 0 Å². The van der Waals surface area contributed by atoms with Crippen molar-refractivity contribution in [2.75, 3.05) is 0 Å². The van der Waals surface area contributed by atoms with Gasteiger partial charge in [-0.25, -0.2) is 0 Å². The molecule has 0 aliphatic carbocycles. The van der Waals surface area contributed by atoms with E-state index >= 15 is 0 Å². The zero-order valence-electron chi connectivity index (χ0n) is 17.5. The monoisotopic (exact) mass is 384 g/mol. The van der Waals surface area contributed by atoms with Crippen molar-refractivity contribution < 1.29 is 13.9 Å². The predicted molar refractivity (Wildman–Crippen MR) is 114 cm³/mol. The number of benzene rings is 1. The lowest BCUT2D eigenvalue weighted by atomic mass is 10.1. The van der Waals surface area contributed by atoms with E-state index in [1.165, 1.54) is 32.1 Å². The first kappa shape index (κ1) is 22.3. The highest BCUT2D eigenvalue weighted by Gasteiger charge is 2.04. The second-order valence-electron chi connectivity index (χ2n) is 7.59. The standard InChI is InChI=1S/C25H36O3/c1-2-3-4-11-16-23-19-20-24(28-23)17-12-6-5-7-13-18-25(26)27-21-22-14-9-8-10-15-22/h8-10,14-15,19-20H,2-7,11-13,16-18,21H2,1H3. The number of carbonyl (C=O) groups is 1. The Morgan fingerprint density at radius 3 is 2.07 bits per heavy atom. The molecule has 154 valence electrons. The van der Waals surface area contributed by atoms with Gasteiger partial charge in [0, 0.05) is 19.3 Å². The Bertz CT molecular complexity index is 645. The van der Waals surface area contributed by atoms with Crippen LogP contribution < -0.4 is 0 Å². The van der Waals surface area contributed by atoms with Crippen molar-refractivity contribution >= 4 is 5.97 Å². The van der Waals surface area contributed by atoms with Crippen LogP contribution in [0.4, 0.5) is 0 Å². The molecule has 3 nitrogen and oxygen atoms in total. The number of unbranched alkanes of at least 4 members (excludes halogenated alkanes) is 7. The summed E-state index contributed by atoms with van der Waals surface area (Å²) in [6.45, 7) is 2.62. The van der Waals surface area contributed by atoms with Crippen molar-refractivity contribution in [3.05, 3.63) is 59.5 Å². The van der Waals surface area contributed by atoms with Crippen molar-refractivity contribution in [2.24, 2.45) is 0 Å². The maximum atomic E-state index is 11.8. The molecule has 0 aliphatic heterocycles. The Morgan fingerprint density at radius 1 is 0.786 bits per heavy atom. The molecular formula is C25H36O3. The van der Waals surface area contributed by atoms with Gasteiger partial charge >= 0.3 is 5.97 Å². The molecule has 0 fully saturated rings. The fraction of sp³-hybridized carbons (Fsp3) is 0.560. The number of hydrogen-bond acceptors (Lipinski definition) is 3. The largest absolute Gasteiger partial charge is 0.466 e. The zero-order valence-corrected chi connectivity index (χ0v) is 17.5. The molecule has 1 aromatic carbocycles. The Hall–Kier alpha value is -2.03. The van der Waals surface area contributed by atoms with E-state index in [0.717, 1.165) is 55.6 Å². The highest BCUT2D eigenvalue weighted by atomic mass is 16.5. The van der Waals surface area contributed by atoms with E-state index in [9.17, 15) is 4.79 Å². The first-order valence-corrected chi connectivity index (χ1v) is 11.0. The highest BCUT2D eigenvalue weighted by molar-refractivity contribution is 5.69. The summed E-state index contributed by atoms with van der Waals surface area (Å²) in [6.07, 6.45) is 13.2. The summed E-state index contributed by atoms with van der Waals surface area (Å²) in [5, 5.41) is 0. The van der Waals surface area contributed by atoms with Gasteiger partial charge < -0.3 is 9.15 Å². The van der Waals surface area contributed by atoms with Gasteiger partial charge in [-0.1, -0.05) is 75.8 Å². The molecule has 28 heavy (non-hydrogen) atoms. The molecule has 2 aromatic rings. The minimum atomic E-state index is -0.0918. The smallest absolute Gasteiger partial charge is 0.306 e. The molecule has 0 spiro atoms. The van der Waals surface area contributed by atoms with Crippen molar-refractivity contribution in [1.29, 1.82) is 0 Å². The maximum absolute atomic E-state index is 11.8. The molecule has 2 rings (SSSR count). The lowest BCUT2D eigenvalue weighted by molar-refractivity contribution is -0.145. The van der Waals surface area contributed by atoms with Gasteiger partial charge in [0.25, 0.3) is 0 Å². The maximum Gasteiger partial charge on any atom is 0.306 e. The topological polar surface area (TPSA) is 39.4 Å². The Labute approximate surface area is 170 Å². The van der Waals surface area contributed by atoms with Gasteiger partial charge in [0.2, 0.25) is 0 Å².